The van der Waals surface area contributed by atoms with E-state index >= 15 is 0 Å². The van der Waals surface area contributed by atoms with Gasteiger partial charge in [-0.05, 0) is 25.7 Å². The molecule has 2 heterocycles. The third kappa shape index (κ3) is 2.16. The molecule has 1 fully saturated rings. The molecule has 1 saturated heterocycles. The molecule has 1 aromatic rings. The lowest BCUT2D eigenvalue weighted by Crippen LogP contribution is -2.40. The van der Waals surface area contributed by atoms with Crippen LogP contribution < -0.4 is 10.6 Å². The summed E-state index contributed by atoms with van der Waals surface area (Å²) in [6, 6.07) is 0.607. The lowest BCUT2D eigenvalue weighted by Gasteiger charge is -2.36. The zero-order valence-corrected chi connectivity index (χ0v) is 9.89. The van der Waals surface area contributed by atoms with E-state index in [4.69, 9.17) is 5.73 Å². The SMILES string of the molecule is CCC1CCCCN1c1nccnc1CN. The van der Waals surface area contributed by atoms with Gasteiger partial charge in [0.2, 0.25) is 0 Å². The van der Waals surface area contributed by atoms with E-state index in [1.807, 2.05) is 0 Å². The lowest BCUT2D eigenvalue weighted by molar-refractivity contribution is 0.445. The van der Waals surface area contributed by atoms with Gasteiger partial charge in [-0.15, -0.1) is 0 Å². The Hall–Kier alpha value is -1.16. The van der Waals surface area contributed by atoms with Gasteiger partial charge in [-0.2, -0.15) is 0 Å². The quantitative estimate of drug-likeness (QED) is 0.842. The molecule has 0 spiro atoms. The molecule has 16 heavy (non-hydrogen) atoms. The number of piperidine rings is 1. The van der Waals surface area contributed by atoms with Crippen molar-refractivity contribution in [2.75, 3.05) is 11.4 Å². The van der Waals surface area contributed by atoms with Gasteiger partial charge in [-0.1, -0.05) is 6.92 Å². The molecule has 1 aliphatic heterocycles. The maximum absolute atomic E-state index is 5.72. The monoisotopic (exact) mass is 220 g/mol. The Balaban J connectivity index is 2.26. The minimum atomic E-state index is 0.468. The zero-order chi connectivity index (χ0) is 11.4. The molecule has 4 nitrogen and oxygen atoms in total. The zero-order valence-electron chi connectivity index (χ0n) is 9.89. The van der Waals surface area contributed by atoms with Crippen LogP contribution in [0.1, 0.15) is 38.3 Å². The van der Waals surface area contributed by atoms with E-state index in [9.17, 15) is 0 Å². The van der Waals surface area contributed by atoms with Gasteiger partial charge >= 0.3 is 0 Å². The van der Waals surface area contributed by atoms with E-state index in [0.717, 1.165) is 18.1 Å². The Morgan fingerprint density at radius 2 is 2.19 bits per heavy atom. The van der Waals surface area contributed by atoms with Gasteiger partial charge < -0.3 is 10.6 Å². The molecule has 4 heteroatoms. The third-order valence-electron chi connectivity index (χ3n) is 3.32. The summed E-state index contributed by atoms with van der Waals surface area (Å²) < 4.78 is 0. The maximum Gasteiger partial charge on any atom is 0.151 e. The molecule has 2 N–H and O–H groups in total. The minimum absolute atomic E-state index is 0.468. The van der Waals surface area contributed by atoms with Crippen LogP contribution in [0, 0.1) is 0 Å². The van der Waals surface area contributed by atoms with E-state index in [1.165, 1.54) is 25.7 Å². The molecule has 0 saturated carbocycles. The molecular weight excluding hydrogens is 200 g/mol. The van der Waals surface area contributed by atoms with Gasteiger partial charge in [0.1, 0.15) is 0 Å². The summed E-state index contributed by atoms with van der Waals surface area (Å²) in [5, 5.41) is 0. The van der Waals surface area contributed by atoms with Crippen molar-refractivity contribution < 1.29 is 0 Å². The number of aromatic nitrogens is 2. The first-order valence-corrected chi connectivity index (χ1v) is 6.13. The molecule has 0 radical (unpaired) electrons. The first kappa shape index (κ1) is 11.3. The van der Waals surface area contributed by atoms with Gasteiger partial charge in [0, 0.05) is 31.5 Å². The Labute approximate surface area is 96.9 Å². The van der Waals surface area contributed by atoms with Crippen molar-refractivity contribution in [2.45, 2.75) is 45.2 Å². The summed E-state index contributed by atoms with van der Waals surface area (Å²) in [6.45, 7) is 3.79. The average Bonchev–Trinajstić information content (AvgIpc) is 2.38. The van der Waals surface area contributed by atoms with E-state index < -0.39 is 0 Å². The fourth-order valence-electron chi connectivity index (χ4n) is 2.45. The molecule has 1 atom stereocenters. The number of anilines is 1. The van der Waals surface area contributed by atoms with Crippen molar-refractivity contribution in [3.8, 4) is 0 Å². The summed E-state index contributed by atoms with van der Waals surface area (Å²) in [5.74, 6) is 0.997. The van der Waals surface area contributed by atoms with Crippen molar-refractivity contribution in [2.24, 2.45) is 5.73 Å². The highest BCUT2D eigenvalue weighted by atomic mass is 15.2. The second-order valence-electron chi connectivity index (χ2n) is 4.28. The predicted octanol–water partition coefficient (Wildman–Crippen LogP) is 1.70. The van der Waals surface area contributed by atoms with Gasteiger partial charge in [0.05, 0.1) is 5.69 Å². The molecule has 1 aromatic heterocycles. The van der Waals surface area contributed by atoms with Gasteiger partial charge in [-0.3, -0.25) is 4.98 Å². The first-order valence-electron chi connectivity index (χ1n) is 6.13. The lowest BCUT2D eigenvalue weighted by atomic mass is 10.00. The Kier molecular flexibility index (Phi) is 3.72. The van der Waals surface area contributed by atoms with Crippen molar-refractivity contribution in [1.82, 2.24) is 9.97 Å². The molecule has 0 aromatic carbocycles. The number of rotatable bonds is 3. The minimum Gasteiger partial charge on any atom is -0.352 e. The van der Waals surface area contributed by atoms with Gasteiger partial charge in [0.15, 0.2) is 5.82 Å². The van der Waals surface area contributed by atoms with Crippen LogP contribution in [-0.2, 0) is 6.54 Å². The fraction of sp³-hybridized carbons (Fsp3) is 0.667. The topological polar surface area (TPSA) is 55.0 Å². The van der Waals surface area contributed by atoms with E-state index in [2.05, 4.69) is 21.8 Å². The molecule has 0 bridgehead atoms. The second-order valence-corrected chi connectivity index (χ2v) is 4.28. The van der Waals surface area contributed by atoms with Crippen molar-refractivity contribution in [1.29, 1.82) is 0 Å². The van der Waals surface area contributed by atoms with Crippen LogP contribution in [0.5, 0.6) is 0 Å². The smallest absolute Gasteiger partial charge is 0.151 e. The summed E-state index contributed by atoms with van der Waals surface area (Å²) in [7, 11) is 0. The molecule has 0 aliphatic carbocycles. The Morgan fingerprint density at radius 1 is 1.38 bits per heavy atom. The molecule has 0 amide bonds. The predicted molar refractivity (Wildman–Crippen MR) is 65.2 cm³/mol. The Bertz CT molecular complexity index is 340. The highest BCUT2D eigenvalue weighted by molar-refractivity contribution is 5.44. The number of hydrogen-bond donors (Lipinski definition) is 1. The van der Waals surface area contributed by atoms with Gasteiger partial charge in [0.25, 0.3) is 0 Å². The highest BCUT2D eigenvalue weighted by Crippen LogP contribution is 2.26. The number of nitrogens with two attached hydrogens (primary N) is 1. The summed E-state index contributed by atoms with van der Waals surface area (Å²) in [4.78, 5) is 11.2. The van der Waals surface area contributed by atoms with Crippen LogP contribution >= 0.6 is 0 Å². The van der Waals surface area contributed by atoms with E-state index in [0.29, 0.717) is 12.6 Å². The molecular formula is C12H20N4. The van der Waals surface area contributed by atoms with Crippen LogP contribution in [0.3, 0.4) is 0 Å². The fourth-order valence-corrected chi connectivity index (χ4v) is 2.45. The number of hydrogen-bond acceptors (Lipinski definition) is 4. The summed E-state index contributed by atoms with van der Waals surface area (Å²) in [5.41, 5.74) is 6.63. The van der Waals surface area contributed by atoms with Crippen molar-refractivity contribution >= 4 is 5.82 Å². The van der Waals surface area contributed by atoms with Crippen LogP contribution in [0.4, 0.5) is 5.82 Å². The Morgan fingerprint density at radius 3 is 2.94 bits per heavy atom. The molecule has 1 unspecified atom stereocenters. The molecule has 88 valence electrons. The highest BCUT2D eigenvalue weighted by Gasteiger charge is 2.23. The van der Waals surface area contributed by atoms with Crippen molar-refractivity contribution in [3.05, 3.63) is 18.1 Å². The first-order chi connectivity index (χ1) is 7.86. The average molecular weight is 220 g/mol. The molecule has 1 aliphatic rings. The van der Waals surface area contributed by atoms with Crippen molar-refractivity contribution in [3.63, 3.8) is 0 Å². The molecule has 2 rings (SSSR count). The van der Waals surface area contributed by atoms with E-state index in [-0.39, 0.29) is 0 Å². The van der Waals surface area contributed by atoms with Crippen LogP contribution in [0.15, 0.2) is 12.4 Å². The van der Waals surface area contributed by atoms with E-state index in [1.54, 1.807) is 12.4 Å². The largest absolute Gasteiger partial charge is 0.352 e. The summed E-state index contributed by atoms with van der Waals surface area (Å²) >= 11 is 0. The third-order valence-corrected chi connectivity index (χ3v) is 3.32. The van der Waals surface area contributed by atoms with Crippen LogP contribution in [0.2, 0.25) is 0 Å². The normalized spacial score (nSPS) is 21.1. The van der Waals surface area contributed by atoms with Crippen LogP contribution in [-0.4, -0.2) is 22.6 Å². The maximum atomic E-state index is 5.72. The summed E-state index contributed by atoms with van der Waals surface area (Å²) in [6.07, 6.45) is 8.48. The second kappa shape index (κ2) is 5.25. The van der Waals surface area contributed by atoms with Crippen LogP contribution in [0.25, 0.3) is 0 Å². The van der Waals surface area contributed by atoms with Gasteiger partial charge in [-0.25, -0.2) is 4.98 Å². The number of nitrogens with zero attached hydrogens (tertiary/aromatic N) is 3. The standard InChI is InChI=1S/C12H20N4/c1-2-10-5-3-4-8-16(10)12-11(9-13)14-6-7-15-12/h6-7,10H,2-5,8-9,13H2,1H3.